The Kier molecular flexibility index (Phi) is 11.8. The van der Waals surface area contributed by atoms with Crippen LogP contribution in [0.1, 0.15) is 38.8 Å². The van der Waals surface area contributed by atoms with Crippen LogP contribution in [0.5, 0.6) is 17.2 Å². The fourth-order valence-corrected chi connectivity index (χ4v) is 3.78. The van der Waals surface area contributed by atoms with Gasteiger partial charge in [-0.25, -0.2) is 4.79 Å². The van der Waals surface area contributed by atoms with E-state index in [1.807, 2.05) is 63.2 Å². The SMILES string of the molecule is CCOc1cc(C#CC(C)=CCOc2ccc(C[C@H](OCC)C(=O)O)cc2I)cc(OCC)c1. The van der Waals surface area contributed by atoms with Gasteiger partial charge in [-0.15, -0.1) is 0 Å². The van der Waals surface area contributed by atoms with Crippen LogP contribution in [0, 0.1) is 15.4 Å². The van der Waals surface area contributed by atoms with Gasteiger partial charge in [-0.3, -0.25) is 0 Å². The Hall–Kier alpha value is -2.70. The fourth-order valence-electron chi connectivity index (χ4n) is 3.04. The predicted molar refractivity (Wildman–Crippen MR) is 141 cm³/mol. The van der Waals surface area contributed by atoms with Crippen molar-refractivity contribution >= 4 is 28.6 Å². The minimum atomic E-state index is -0.961. The molecule has 1 atom stereocenters. The molecule has 0 radical (unpaired) electrons. The number of hydrogen-bond acceptors (Lipinski definition) is 5. The molecule has 0 heterocycles. The first kappa shape index (κ1) is 27.5. The number of carboxylic acid groups (broad SMARTS) is 1. The van der Waals surface area contributed by atoms with Crippen molar-refractivity contribution in [2.24, 2.45) is 0 Å². The lowest BCUT2D eigenvalue weighted by Gasteiger charge is -2.13. The highest BCUT2D eigenvalue weighted by molar-refractivity contribution is 14.1. The van der Waals surface area contributed by atoms with Gasteiger partial charge in [0.05, 0.1) is 16.8 Å². The number of ether oxygens (including phenoxy) is 4. The molecule has 34 heavy (non-hydrogen) atoms. The lowest BCUT2D eigenvalue weighted by molar-refractivity contribution is -0.149. The molecule has 0 fully saturated rings. The number of allylic oxidation sites excluding steroid dienone is 1. The summed E-state index contributed by atoms with van der Waals surface area (Å²) in [6.45, 7) is 9.47. The van der Waals surface area contributed by atoms with Crippen molar-refractivity contribution in [2.45, 2.75) is 40.2 Å². The Balaban J connectivity index is 2.01. The summed E-state index contributed by atoms with van der Waals surface area (Å²) in [4.78, 5) is 11.3. The summed E-state index contributed by atoms with van der Waals surface area (Å²) in [6.07, 6.45) is 1.38. The van der Waals surface area contributed by atoms with Gasteiger partial charge >= 0.3 is 5.97 Å². The lowest BCUT2D eigenvalue weighted by Crippen LogP contribution is -2.26. The Bertz CT molecular complexity index is 1030. The molecule has 2 rings (SSSR count). The van der Waals surface area contributed by atoms with Crippen LogP contribution in [0.4, 0.5) is 0 Å². The molecule has 7 heteroatoms. The van der Waals surface area contributed by atoms with Gasteiger partial charge in [0.2, 0.25) is 0 Å². The third-order valence-corrected chi connectivity index (χ3v) is 5.44. The van der Waals surface area contributed by atoms with Crippen LogP contribution in [0.2, 0.25) is 0 Å². The van der Waals surface area contributed by atoms with Gasteiger partial charge in [0, 0.05) is 24.7 Å². The first-order valence-corrected chi connectivity index (χ1v) is 12.3. The molecule has 0 aromatic heterocycles. The molecule has 182 valence electrons. The average Bonchev–Trinajstić information content (AvgIpc) is 2.79. The van der Waals surface area contributed by atoms with Gasteiger partial charge in [-0.2, -0.15) is 0 Å². The average molecular weight is 578 g/mol. The van der Waals surface area contributed by atoms with Crippen molar-refractivity contribution in [3.8, 4) is 29.1 Å². The summed E-state index contributed by atoms with van der Waals surface area (Å²) in [6, 6.07) is 11.3. The highest BCUT2D eigenvalue weighted by Crippen LogP contribution is 2.24. The summed E-state index contributed by atoms with van der Waals surface area (Å²) in [5.74, 6) is 7.53. The molecule has 0 aliphatic carbocycles. The summed E-state index contributed by atoms with van der Waals surface area (Å²) in [7, 11) is 0. The molecule has 0 bridgehead atoms. The predicted octanol–water partition coefficient (Wildman–Crippen LogP) is 5.50. The van der Waals surface area contributed by atoms with Crippen LogP contribution in [-0.2, 0) is 16.0 Å². The van der Waals surface area contributed by atoms with Crippen molar-refractivity contribution in [3.05, 3.63) is 62.7 Å². The molecule has 0 amide bonds. The Morgan fingerprint density at radius 3 is 2.26 bits per heavy atom. The van der Waals surface area contributed by atoms with Crippen LogP contribution >= 0.6 is 22.6 Å². The molecule has 0 unspecified atom stereocenters. The molecule has 2 aromatic rings. The minimum absolute atomic E-state index is 0.309. The molecule has 0 aliphatic rings. The van der Waals surface area contributed by atoms with Gasteiger partial charge in [0.15, 0.2) is 6.10 Å². The minimum Gasteiger partial charge on any atom is -0.494 e. The van der Waals surface area contributed by atoms with E-state index in [9.17, 15) is 9.90 Å². The van der Waals surface area contributed by atoms with Gasteiger partial charge in [0.1, 0.15) is 23.9 Å². The van der Waals surface area contributed by atoms with Crippen LogP contribution in [0.15, 0.2) is 48.0 Å². The third-order valence-electron chi connectivity index (χ3n) is 4.60. The number of halogens is 1. The topological polar surface area (TPSA) is 74.2 Å². The molecule has 0 aliphatic heterocycles. The monoisotopic (exact) mass is 578 g/mol. The normalized spacial score (nSPS) is 11.9. The zero-order valence-electron chi connectivity index (χ0n) is 20.0. The molecular formula is C27H31IO6. The number of carboxylic acids is 1. The third kappa shape index (κ3) is 9.27. The van der Waals surface area contributed by atoms with Gasteiger partial charge < -0.3 is 24.1 Å². The number of hydrogen-bond donors (Lipinski definition) is 1. The van der Waals surface area contributed by atoms with E-state index in [1.54, 1.807) is 6.92 Å². The van der Waals surface area contributed by atoms with Crippen molar-refractivity contribution in [3.63, 3.8) is 0 Å². The number of aliphatic carboxylic acids is 1. The number of rotatable bonds is 12. The largest absolute Gasteiger partial charge is 0.494 e. The van der Waals surface area contributed by atoms with Crippen LogP contribution in [0.25, 0.3) is 0 Å². The van der Waals surface area contributed by atoms with Crippen molar-refractivity contribution in [2.75, 3.05) is 26.4 Å². The molecule has 2 aromatic carbocycles. The first-order valence-electron chi connectivity index (χ1n) is 11.2. The molecule has 0 saturated carbocycles. The van der Waals surface area contributed by atoms with Crippen molar-refractivity contribution < 1.29 is 28.8 Å². The highest BCUT2D eigenvalue weighted by Gasteiger charge is 2.18. The van der Waals surface area contributed by atoms with Crippen LogP contribution < -0.4 is 14.2 Å². The summed E-state index contributed by atoms with van der Waals surface area (Å²) < 4.78 is 23.3. The Morgan fingerprint density at radius 1 is 1.03 bits per heavy atom. The summed E-state index contributed by atoms with van der Waals surface area (Å²) >= 11 is 2.19. The van der Waals surface area contributed by atoms with Gasteiger partial charge in [-0.05, 0) is 91.8 Å². The smallest absolute Gasteiger partial charge is 0.333 e. The van der Waals surface area contributed by atoms with E-state index >= 15 is 0 Å². The summed E-state index contributed by atoms with van der Waals surface area (Å²) in [5.41, 5.74) is 2.59. The Labute approximate surface area is 215 Å². The van der Waals surface area contributed by atoms with Gasteiger partial charge in [-0.1, -0.05) is 17.9 Å². The van der Waals surface area contributed by atoms with E-state index in [0.29, 0.717) is 32.8 Å². The second-order valence-corrected chi connectivity index (χ2v) is 8.42. The van der Waals surface area contributed by atoms with E-state index in [0.717, 1.165) is 37.5 Å². The second-order valence-electron chi connectivity index (χ2n) is 7.26. The van der Waals surface area contributed by atoms with Gasteiger partial charge in [0.25, 0.3) is 0 Å². The van der Waals surface area contributed by atoms with E-state index in [2.05, 4.69) is 34.4 Å². The van der Waals surface area contributed by atoms with E-state index < -0.39 is 12.1 Å². The van der Waals surface area contributed by atoms with Crippen molar-refractivity contribution in [1.29, 1.82) is 0 Å². The zero-order valence-corrected chi connectivity index (χ0v) is 22.2. The maximum atomic E-state index is 11.3. The molecule has 0 spiro atoms. The van der Waals surface area contributed by atoms with E-state index in [1.165, 1.54) is 0 Å². The fraction of sp³-hybridized carbons (Fsp3) is 0.370. The number of carbonyl (C=O) groups is 1. The quantitative estimate of drug-likeness (QED) is 0.265. The highest BCUT2D eigenvalue weighted by atomic mass is 127. The lowest BCUT2D eigenvalue weighted by atomic mass is 10.1. The molecule has 0 saturated heterocycles. The molecule has 6 nitrogen and oxygen atoms in total. The maximum Gasteiger partial charge on any atom is 0.333 e. The van der Waals surface area contributed by atoms with E-state index in [4.69, 9.17) is 18.9 Å². The van der Waals surface area contributed by atoms with Crippen molar-refractivity contribution in [1.82, 2.24) is 0 Å². The number of benzene rings is 2. The molecular weight excluding hydrogens is 547 g/mol. The zero-order chi connectivity index (χ0) is 24.9. The molecule has 1 N–H and O–H groups in total. The standard InChI is InChI=1S/C27H31IO6/c1-5-31-22-14-20(15-23(18-22)32-6-2)9-8-19(4)12-13-34-25-11-10-21(16-24(25)28)17-26(27(29)30)33-7-3/h10-12,14-16,18,26H,5-7,13,17H2,1-4H3,(H,29,30)/t26-/m0/s1. The Morgan fingerprint density at radius 2 is 1.71 bits per heavy atom. The first-order chi connectivity index (χ1) is 16.4. The second kappa shape index (κ2) is 14.5. The van der Waals surface area contributed by atoms with Crippen LogP contribution in [-0.4, -0.2) is 43.6 Å². The van der Waals surface area contributed by atoms with Crippen LogP contribution in [0.3, 0.4) is 0 Å². The van der Waals surface area contributed by atoms with E-state index in [-0.39, 0.29) is 0 Å². The maximum absolute atomic E-state index is 11.3. The summed E-state index contributed by atoms with van der Waals surface area (Å²) in [5, 5.41) is 9.27.